The zero-order valence-electron chi connectivity index (χ0n) is 12.6. The minimum absolute atomic E-state index is 0.149. The van der Waals surface area contributed by atoms with Crippen LogP contribution in [0.4, 0.5) is 13.2 Å². The Balaban J connectivity index is 0.00000100. The zero-order valence-corrected chi connectivity index (χ0v) is 12.6. The molecule has 5 nitrogen and oxygen atoms in total. The van der Waals surface area contributed by atoms with Gasteiger partial charge < -0.3 is 15.4 Å². The number of hydrogen-bond acceptors (Lipinski definition) is 3. The van der Waals surface area contributed by atoms with Crippen LogP contribution < -0.4 is 5.73 Å². The smallest absolute Gasteiger partial charge is 0.433 e. The summed E-state index contributed by atoms with van der Waals surface area (Å²) < 4.78 is 39.2. The molecule has 2 heterocycles. The van der Waals surface area contributed by atoms with Crippen molar-refractivity contribution in [3.63, 3.8) is 0 Å². The van der Waals surface area contributed by atoms with Gasteiger partial charge in [-0.25, -0.2) is 9.78 Å². The van der Waals surface area contributed by atoms with E-state index in [1.165, 1.54) is 25.2 Å². The van der Waals surface area contributed by atoms with Crippen LogP contribution in [-0.2, 0) is 6.18 Å². The van der Waals surface area contributed by atoms with Gasteiger partial charge in [0.25, 0.3) is 0 Å². The van der Waals surface area contributed by atoms with Crippen LogP contribution in [0, 0.1) is 0 Å². The summed E-state index contributed by atoms with van der Waals surface area (Å²) in [4.78, 5) is 14.3. The number of nitrogens with two attached hydrogens (primary N) is 1. The summed E-state index contributed by atoms with van der Waals surface area (Å²) in [5.74, 6) is -1.04. The molecule has 0 unspecified atom stereocenters. The van der Waals surface area contributed by atoms with E-state index in [0.717, 1.165) is 12.3 Å². The maximum Gasteiger partial charge on any atom is 0.433 e. The van der Waals surface area contributed by atoms with E-state index < -0.39 is 17.8 Å². The van der Waals surface area contributed by atoms with Crippen LogP contribution in [0.2, 0.25) is 0 Å². The monoisotopic (exact) mass is 337 g/mol. The number of fused-ring (bicyclic) bond motifs is 1. The zero-order chi connectivity index (χ0) is 17.9. The second-order valence-electron chi connectivity index (χ2n) is 4.66. The number of aromatic carboxylic acids is 1. The Labute approximate surface area is 135 Å². The number of carboxylic acid groups (broad SMARTS) is 1. The van der Waals surface area contributed by atoms with E-state index in [1.54, 1.807) is 22.9 Å². The van der Waals surface area contributed by atoms with Crippen molar-refractivity contribution in [2.45, 2.75) is 6.18 Å². The van der Waals surface area contributed by atoms with E-state index in [9.17, 15) is 18.0 Å². The molecule has 3 N–H and O–H groups in total. The molecule has 0 bridgehead atoms. The number of alkyl halides is 3. The molecule has 3 rings (SSSR count). The van der Waals surface area contributed by atoms with Crippen molar-refractivity contribution in [1.29, 1.82) is 0 Å². The number of pyridine rings is 1. The summed E-state index contributed by atoms with van der Waals surface area (Å²) in [5, 5.41) is 9.63. The van der Waals surface area contributed by atoms with Gasteiger partial charge in [0.05, 0.1) is 23.0 Å². The molecular weight excluding hydrogens is 323 g/mol. The third-order valence-corrected chi connectivity index (χ3v) is 3.25. The first kappa shape index (κ1) is 17.5. The number of nitrogens with zero attached hydrogens (tertiary/aromatic N) is 2. The van der Waals surface area contributed by atoms with Crippen LogP contribution in [0.15, 0.2) is 48.8 Å². The van der Waals surface area contributed by atoms with E-state index >= 15 is 0 Å². The van der Waals surface area contributed by atoms with Gasteiger partial charge >= 0.3 is 12.1 Å². The van der Waals surface area contributed by atoms with Crippen LogP contribution in [0.1, 0.15) is 16.1 Å². The first-order valence-electron chi connectivity index (χ1n) is 6.82. The van der Waals surface area contributed by atoms with Crippen molar-refractivity contribution in [2.24, 2.45) is 5.73 Å². The first-order chi connectivity index (χ1) is 11.4. The molecule has 0 saturated carbocycles. The van der Waals surface area contributed by atoms with Gasteiger partial charge in [0.2, 0.25) is 0 Å². The highest BCUT2D eigenvalue weighted by Crippen LogP contribution is 2.28. The van der Waals surface area contributed by atoms with Crippen LogP contribution in [0.3, 0.4) is 0 Å². The maximum absolute atomic E-state index is 12.5. The molecule has 8 heteroatoms. The lowest BCUT2D eigenvalue weighted by Crippen LogP contribution is -2.08. The van der Waals surface area contributed by atoms with Gasteiger partial charge in [-0.1, -0.05) is 0 Å². The molecular formula is C16H14F3N3O2. The first-order valence-corrected chi connectivity index (χ1v) is 6.82. The fourth-order valence-electron chi connectivity index (χ4n) is 2.20. The molecule has 24 heavy (non-hydrogen) atoms. The lowest BCUT2D eigenvalue weighted by atomic mass is 10.1. The molecule has 0 aliphatic carbocycles. The van der Waals surface area contributed by atoms with Crippen molar-refractivity contribution >= 4 is 16.9 Å². The van der Waals surface area contributed by atoms with Crippen LogP contribution in [0.25, 0.3) is 16.6 Å². The van der Waals surface area contributed by atoms with Gasteiger partial charge in [-0.05, 0) is 43.4 Å². The number of carbonyl (C=O) groups is 1. The predicted molar refractivity (Wildman–Crippen MR) is 83.1 cm³/mol. The third kappa shape index (κ3) is 3.38. The average molecular weight is 337 g/mol. The second kappa shape index (κ2) is 6.71. The van der Waals surface area contributed by atoms with Crippen molar-refractivity contribution in [3.05, 3.63) is 60.0 Å². The highest BCUT2D eigenvalue weighted by molar-refractivity contribution is 5.94. The normalized spacial score (nSPS) is 11.0. The van der Waals surface area contributed by atoms with Gasteiger partial charge in [-0.3, -0.25) is 0 Å². The lowest BCUT2D eigenvalue weighted by Gasteiger charge is -2.08. The molecule has 0 aliphatic heterocycles. The fourth-order valence-corrected chi connectivity index (χ4v) is 2.20. The molecule has 0 radical (unpaired) electrons. The molecule has 0 saturated heterocycles. The summed E-state index contributed by atoms with van der Waals surface area (Å²) in [6.07, 6.45) is -1.69. The molecule has 0 atom stereocenters. The highest BCUT2D eigenvalue weighted by atomic mass is 19.4. The van der Waals surface area contributed by atoms with Gasteiger partial charge in [-0.15, -0.1) is 0 Å². The van der Waals surface area contributed by atoms with E-state index in [2.05, 4.69) is 10.7 Å². The number of rotatable bonds is 2. The Kier molecular flexibility index (Phi) is 4.89. The average Bonchev–Trinajstić information content (AvgIpc) is 2.99. The number of benzene rings is 1. The van der Waals surface area contributed by atoms with Crippen LogP contribution in [0.5, 0.6) is 0 Å². The van der Waals surface area contributed by atoms with Crippen molar-refractivity contribution in [1.82, 2.24) is 9.55 Å². The molecule has 0 amide bonds. The molecule has 1 aromatic carbocycles. The standard InChI is InChI=1S/C15H9F3N2O2.CH5N/c16-15(17,18)13-4-2-11(8-19-13)20-6-5-9-7-10(14(21)22)1-3-12(9)20;1-2/h1-8H,(H,21,22);2H2,1H3. The predicted octanol–water partition coefficient (Wildman–Crippen LogP) is 3.32. The van der Waals surface area contributed by atoms with E-state index in [-0.39, 0.29) is 5.56 Å². The quantitative estimate of drug-likeness (QED) is 0.752. The third-order valence-electron chi connectivity index (χ3n) is 3.25. The topological polar surface area (TPSA) is 81.1 Å². The lowest BCUT2D eigenvalue weighted by molar-refractivity contribution is -0.141. The highest BCUT2D eigenvalue weighted by Gasteiger charge is 2.32. The van der Waals surface area contributed by atoms with Crippen molar-refractivity contribution in [3.8, 4) is 5.69 Å². The molecule has 0 aliphatic rings. The summed E-state index contributed by atoms with van der Waals surface area (Å²) >= 11 is 0. The number of aromatic nitrogens is 2. The summed E-state index contributed by atoms with van der Waals surface area (Å²) in [6, 6.07) is 8.48. The van der Waals surface area contributed by atoms with Crippen LogP contribution >= 0.6 is 0 Å². The Morgan fingerprint density at radius 3 is 2.42 bits per heavy atom. The summed E-state index contributed by atoms with van der Waals surface area (Å²) in [7, 11) is 1.50. The number of halogens is 3. The molecule has 126 valence electrons. The summed E-state index contributed by atoms with van der Waals surface area (Å²) in [5.41, 5.74) is 4.84. The van der Waals surface area contributed by atoms with Gasteiger partial charge in [0.1, 0.15) is 5.69 Å². The Hall–Kier alpha value is -2.87. The Morgan fingerprint density at radius 1 is 1.17 bits per heavy atom. The minimum Gasteiger partial charge on any atom is -0.478 e. The van der Waals surface area contributed by atoms with Crippen LogP contribution in [-0.4, -0.2) is 27.7 Å². The SMILES string of the molecule is CN.O=C(O)c1ccc2c(ccn2-c2ccc(C(F)(F)F)nc2)c1. The van der Waals surface area contributed by atoms with Crippen molar-refractivity contribution in [2.75, 3.05) is 7.05 Å². The second-order valence-corrected chi connectivity index (χ2v) is 4.66. The Morgan fingerprint density at radius 2 is 1.88 bits per heavy atom. The van der Waals surface area contributed by atoms with Crippen molar-refractivity contribution < 1.29 is 23.1 Å². The minimum atomic E-state index is -4.48. The van der Waals surface area contributed by atoms with E-state index in [0.29, 0.717) is 16.6 Å². The number of hydrogen-bond donors (Lipinski definition) is 2. The van der Waals surface area contributed by atoms with E-state index in [4.69, 9.17) is 5.11 Å². The molecule has 3 aromatic rings. The molecule has 0 spiro atoms. The molecule has 0 fully saturated rings. The van der Waals surface area contributed by atoms with Gasteiger partial charge in [0.15, 0.2) is 0 Å². The van der Waals surface area contributed by atoms with Gasteiger partial charge in [-0.2, -0.15) is 13.2 Å². The Bertz CT molecular complexity index is 855. The number of carboxylic acids is 1. The molecule has 2 aromatic heterocycles. The summed E-state index contributed by atoms with van der Waals surface area (Å²) in [6.45, 7) is 0. The fraction of sp³-hybridized carbons (Fsp3) is 0.125. The van der Waals surface area contributed by atoms with Gasteiger partial charge in [0, 0.05) is 11.6 Å². The van der Waals surface area contributed by atoms with E-state index in [1.807, 2.05) is 0 Å². The largest absolute Gasteiger partial charge is 0.478 e. The maximum atomic E-state index is 12.5.